The average molecular weight is 304 g/mol. The lowest BCUT2D eigenvalue weighted by atomic mass is 9.98. The molecule has 1 aromatic carbocycles. The van der Waals surface area contributed by atoms with Crippen LogP contribution < -0.4 is 5.73 Å². The lowest BCUT2D eigenvalue weighted by Crippen LogP contribution is -2.38. The van der Waals surface area contributed by atoms with E-state index in [2.05, 4.69) is 5.10 Å². The van der Waals surface area contributed by atoms with E-state index in [1.54, 1.807) is 48.9 Å². The van der Waals surface area contributed by atoms with Crippen LogP contribution in [0.1, 0.15) is 24.1 Å². The molecule has 0 fully saturated rings. The molecule has 0 saturated carbocycles. The largest absolute Gasteiger partial charge is 0.334 e. The molecule has 2 N–H and O–H groups in total. The maximum Gasteiger partial charge on any atom is 0.227 e. The Morgan fingerprint density at radius 2 is 2.18 bits per heavy atom. The number of aromatic nitrogens is 2. The topological polar surface area (TPSA) is 64.2 Å². The molecule has 22 heavy (non-hydrogen) atoms. The minimum absolute atomic E-state index is 0.0828. The van der Waals surface area contributed by atoms with Gasteiger partial charge in [-0.05, 0) is 17.7 Å². The van der Waals surface area contributed by atoms with Gasteiger partial charge in [0.05, 0.1) is 12.2 Å². The van der Waals surface area contributed by atoms with Crippen LogP contribution in [0.5, 0.6) is 0 Å². The monoisotopic (exact) mass is 304 g/mol. The van der Waals surface area contributed by atoms with Crippen molar-refractivity contribution in [2.45, 2.75) is 13.0 Å². The van der Waals surface area contributed by atoms with Crippen LogP contribution >= 0.6 is 0 Å². The third-order valence-electron chi connectivity index (χ3n) is 3.72. The molecule has 118 valence electrons. The summed E-state index contributed by atoms with van der Waals surface area (Å²) in [6.07, 6.45) is 3.51. The summed E-state index contributed by atoms with van der Waals surface area (Å²) in [5.41, 5.74) is 7.12. The molecule has 0 spiro atoms. The van der Waals surface area contributed by atoms with Crippen molar-refractivity contribution >= 4 is 5.91 Å². The first kappa shape index (κ1) is 16.2. The normalized spacial score (nSPS) is 13.7. The summed E-state index contributed by atoms with van der Waals surface area (Å²) in [5, 5.41) is 4.15. The van der Waals surface area contributed by atoms with E-state index in [1.165, 1.54) is 12.1 Å². The first-order chi connectivity index (χ1) is 10.4. The van der Waals surface area contributed by atoms with Gasteiger partial charge < -0.3 is 10.6 Å². The number of carbonyl (C=O) groups excluding carboxylic acids is 1. The smallest absolute Gasteiger partial charge is 0.227 e. The molecular formula is C16H21FN4O. The minimum atomic E-state index is -0.397. The van der Waals surface area contributed by atoms with Crippen molar-refractivity contribution in [3.8, 4) is 0 Å². The predicted octanol–water partition coefficient (Wildman–Crippen LogP) is 1.70. The Bertz CT molecular complexity index is 655. The summed E-state index contributed by atoms with van der Waals surface area (Å²) in [4.78, 5) is 14.1. The van der Waals surface area contributed by atoms with E-state index in [0.29, 0.717) is 5.56 Å². The molecule has 2 rings (SSSR count). The van der Waals surface area contributed by atoms with E-state index < -0.39 is 6.04 Å². The molecule has 1 heterocycles. The van der Waals surface area contributed by atoms with E-state index >= 15 is 0 Å². The van der Waals surface area contributed by atoms with E-state index in [1.807, 2.05) is 6.20 Å². The molecule has 1 amide bonds. The van der Waals surface area contributed by atoms with Crippen molar-refractivity contribution in [3.05, 3.63) is 53.6 Å². The van der Waals surface area contributed by atoms with Crippen LogP contribution in [0.15, 0.2) is 36.7 Å². The number of rotatable bonds is 5. The van der Waals surface area contributed by atoms with Crippen LogP contribution in [0, 0.1) is 11.7 Å². The highest BCUT2D eigenvalue weighted by molar-refractivity contribution is 5.79. The number of benzene rings is 1. The van der Waals surface area contributed by atoms with Crippen molar-refractivity contribution in [2.75, 3.05) is 13.6 Å². The van der Waals surface area contributed by atoms with Gasteiger partial charge in [0.25, 0.3) is 0 Å². The fourth-order valence-electron chi connectivity index (χ4n) is 2.47. The van der Waals surface area contributed by atoms with Crippen LogP contribution in [0.3, 0.4) is 0 Å². The number of hydrogen-bond donors (Lipinski definition) is 1. The molecule has 0 radical (unpaired) electrons. The third-order valence-corrected chi connectivity index (χ3v) is 3.72. The van der Waals surface area contributed by atoms with Crippen LogP contribution in [0.25, 0.3) is 0 Å². The molecule has 5 nitrogen and oxygen atoms in total. The minimum Gasteiger partial charge on any atom is -0.334 e. The lowest BCUT2D eigenvalue weighted by molar-refractivity contribution is -0.134. The maximum atomic E-state index is 13.6. The number of hydrogen-bond acceptors (Lipinski definition) is 3. The summed E-state index contributed by atoms with van der Waals surface area (Å²) in [7, 11) is 3.51. The van der Waals surface area contributed by atoms with Gasteiger partial charge in [0.1, 0.15) is 5.82 Å². The van der Waals surface area contributed by atoms with E-state index in [9.17, 15) is 9.18 Å². The Morgan fingerprint density at radius 3 is 2.73 bits per heavy atom. The molecular weight excluding hydrogens is 283 g/mol. The number of halogens is 1. The molecule has 2 atom stereocenters. The zero-order valence-electron chi connectivity index (χ0n) is 13.0. The number of amides is 1. The summed E-state index contributed by atoms with van der Waals surface area (Å²) in [5.74, 6) is -0.711. The van der Waals surface area contributed by atoms with Gasteiger partial charge in [-0.1, -0.05) is 19.1 Å². The quantitative estimate of drug-likeness (QED) is 0.914. The third kappa shape index (κ3) is 3.33. The van der Waals surface area contributed by atoms with Gasteiger partial charge in [0.15, 0.2) is 0 Å². The second-order valence-corrected chi connectivity index (χ2v) is 5.49. The highest BCUT2D eigenvalue weighted by Crippen LogP contribution is 2.28. The van der Waals surface area contributed by atoms with Gasteiger partial charge in [-0.3, -0.25) is 9.48 Å². The number of carbonyl (C=O) groups is 1. The molecule has 0 aliphatic heterocycles. The summed E-state index contributed by atoms with van der Waals surface area (Å²) >= 11 is 0. The number of nitrogens with zero attached hydrogens (tertiary/aromatic N) is 3. The van der Waals surface area contributed by atoms with Crippen LogP contribution in [0.4, 0.5) is 4.39 Å². The van der Waals surface area contributed by atoms with Crippen molar-refractivity contribution in [2.24, 2.45) is 18.7 Å². The first-order valence-corrected chi connectivity index (χ1v) is 7.14. The number of nitrogens with two attached hydrogens (primary N) is 1. The SMILES string of the molecule is CC(CN)C(=O)N(C)C(c1cccc(F)c1)c1cnn(C)c1. The van der Waals surface area contributed by atoms with Crippen LogP contribution in [0.2, 0.25) is 0 Å². The van der Waals surface area contributed by atoms with Crippen molar-refractivity contribution < 1.29 is 9.18 Å². The molecule has 0 aliphatic rings. The summed E-state index contributed by atoms with van der Waals surface area (Å²) in [6.45, 7) is 2.05. The van der Waals surface area contributed by atoms with E-state index in [4.69, 9.17) is 5.73 Å². The van der Waals surface area contributed by atoms with Gasteiger partial charge in [0, 0.05) is 38.3 Å². The van der Waals surface area contributed by atoms with Crippen molar-refractivity contribution in [1.29, 1.82) is 0 Å². The Labute approximate surface area is 129 Å². The molecule has 6 heteroatoms. The second kappa shape index (κ2) is 6.70. The van der Waals surface area contributed by atoms with Crippen LogP contribution in [-0.4, -0.2) is 34.2 Å². The van der Waals surface area contributed by atoms with Gasteiger partial charge in [-0.25, -0.2) is 4.39 Å². The predicted molar refractivity (Wildman–Crippen MR) is 82.4 cm³/mol. The molecule has 0 aliphatic carbocycles. The standard InChI is InChI=1S/C16H21FN4O/c1-11(8-18)16(22)21(3)15(13-9-19-20(2)10-13)12-5-4-6-14(17)7-12/h4-7,9-11,15H,8,18H2,1-3H3. The highest BCUT2D eigenvalue weighted by atomic mass is 19.1. The zero-order valence-corrected chi connectivity index (χ0v) is 13.0. The second-order valence-electron chi connectivity index (χ2n) is 5.49. The summed E-state index contributed by atoms with van der Waals surface area (Å²) < 4.78 is 15.3. The van der Waals surface area contributed by atoms with Gasteiger partial charge in [-0.15, -0.1) is 0 Å². The fraction of sp³-hybridized carbons (Fsp3) is 0.375. The Hall–Kier alpha value is -2.21. The van der Waals surface area contributed by atoms with Crippen LogP contribution in [-0.2, 0) is 11.8 Å². The molecule has 2 aromatic rings. The van der Waals surface area contributed by atoms with Gasteiger partial charge in [0.2, 0.25) is 5.91 Å². The lowest BCUT2D eigenvalue weighted by Gasteiger charge is -2.30. The van der Waals surface area contributed by atoms with E-state index in [-0.39, 0.29) is 24.2 Å². The summed E-state index contributed by atoms with van der Waals surface area (Å²) in [6, 6.07) is 5.87. The van der Waals surface area contributed by atoms with Crippen molar-refractivity contribution in [3.63, 3.8) is 0 Å². The van der Waals surface area contributed by atoms with Gasteiger partial charge >= 0.3 is 0 Å². The fourth-order valence-corrected chi connectivity index (χ4v) is 2.47. The average Bonchev–Trinajstić information content (AvgIpc) is 2.92. The maximum absolute atomic E-state index is 13.6. The highest BCUT2D eigenvalue weighted by Gasteiger charge is 2.27. The van der Waals surface area contributed by atoms with E-state index in [0.717, 1.165) is 5.56 Å². The Kier molecular flexibility index (Phi) is 4.92. The van der Waals surface area contributed by atoms with Crippen molar-refractivity contribution in [1.82, 2.24) is 14.7 Å². The molecule has 0 saturated heterocycles. The zero-order chi connectivity index (χ0) is 16.3. The first-order valence-electron chi connectivity index (χ1n) is 7.14. The number of aryl methyl sites for hydroxylation is 1. The Morgan fingerprint density at radius 1 is 1.45 bits per heavy atom. The molecule has 1 aromatic heterocycles. The van der Waals surface area contributed by atoms with Gasteiger partial charge in [-0.2, -0.15) is 5.10 Å². The Balaban J connectivity index is 2.44. The molecule has 2 unspecified atom stereocenters. The molecule has 0 bridgehead atoms.